The number of halogens is 2. The normalized spacial score (nSPS) is 11.5. The summed E-state index contributed by atoms with van der Waals surface area (Å²) in [6.45, 7) is 0. The van der Waals surface area contributed by atoms with E-state index in [4.69, 9.17) is 43.8 Å². The van der Waals surface area contributed by atoms with E-state index in [9.17, 15) is 16.8 Å². The van der Waals surface area contributed by atoms with Crippen LogP contribution in [-0.4, -0.2) is 25.9 Å². The van der Waals surface area contributed by atoms with Gasteiger partial charge in [0.1, 0.15) is 0 Å². The fourth-order valence-electron chi connectivity index (χ4n) is 1.36. The summed E-state index contributed by atoms with van der Waals surface area (Å²) in [5, 5.41) is 0.504. The van der Waals surface area contributed by atoms with Crippen molar-refractivity contribution in [2.45, 2.75) is 9.79 Å². The first-order chi connectivity index (χ1) is 10.8. The van der Waals surface area contributed by atoms with Gasteiger partial charge in [-0.25, -0.2) is 0 Å². The highest BCUT2D eigenvalue weighted by molar-refractivity contribution is 7.86. The Morgan fingerprint density at radius 3 is 1.21 bits per heavy atom. The molecule has 2 aromatic rings. The van der Waals surface area contributed by atoms with Crippen LogP contribution >= 0.6 is 23.2 Å². The van der Waals surface area contributed by atoms with Gasteiger partial charge in [0.2, 0.25) is 0 Å². The van der Waals surface area contributed by atoms with Crippen LogP contribution in [0.4, 0.5) is 11.4 Å². The van der Waals surface area contributed by atoms with Crippen LogP contribution in [0.25, 0.3) is 0 Å². The maximum atomic E-state index is 10.6. The van der Waals surface area contributed by atoms with E-state index in [1.165, 1.54) is 24.3 Å². The molecule has 0 aliphatic carbocycles. The molecule has 0 bridgehead atoms. The Morgan fingerprint density at radius 1 is 0.708 bits per heavy atom. The van der Waals surface area contributed by atoms with Crippen molar-refractivity contribution in [3.63, 3.8) is 0 Å². The number of anilines is 2. The van der Waals surface area contributed by atoms with Gasteiger partial charge >= 0.3 is 0 Å². The molecule has 0 heterocycles. The average molecular weight is 415 g/mol. The van der Waals surface area contributed by atoms with Crippen molar-refractivity contribution in [2.75, 3.05) is 11.5 Å². The molecule has 0 amide bonds. The maximum absolute atomic E-state index is 10.6. The molecule has 24 heavy (non-hydrogen) atoms. The van der Waals surface area contributed by atoms with Gasteiger partial charge in [-0.3, -0.25) is 9.11 Å². The Bertz CT molecular complexity index is 882. The summed E-state index contributed by atoms with van der Waals surface area (Å²) >= 11 is 11.1. The lowest BCUT2D eigenvalue weighted by Crippen LogP contribution is -1.99. The monoisotopic (exact) mass is 414 g/mol. The van der Waals surface area contributed by atoms with Gasteiger partial charge in [-0.05, 0) is 36.4 Å². The lowest BCUT2D eigenvalue weighted by Gasteiger charge is -1.99. The van der Waals surface area contributed by atoms with E-state index in [1.54, 1.807) is 0 Å². The quantitative estimate of drug-likeness (QED) is 0.429. The predicted molar refractivity (Wildman–Crippen MR) is 91.4 cm³/mol. The number of rotatable bonds is 2. The lowest BCUT2D eigenvalue weighted by atomic mass is 10.3. The molecule has 12 heteroatoms. The summed E-state index contributed by atoms with van der Waals surface area (Å²) in [7, 11) is -8.36. The van der Waals surface area contributed by atoms with Gasteiger partial charge in [0.05, 0.1) is 31.2 Å². The number of nitrogens with two attached hydrogens (primary N) is 2. The van der Waals surface area contributed by atoms with Crippen molar-refractivity contribution in [1.82, 2.24) is 0 Å². The molecule has 0 aliphatic heterocycles. The van der Waals surface area contributed by atoms with Crippen LogP contribution in [-0.2, 0) is 20.2 Å². The third-order valence-electron chi connectivity index (χ3n) is 2.53. The first-order valence-corrected chi connectivity index (χ1v) is 9.51. The van der Waals surface area contributed by atoms with Crippen molar-refractivity contribution >= 4 is 54.8 Å². The first-order valence-electron chi connectivity index (χ1n) is 5.87. The van der Waals surface area contributed by atoms with Gasteiger partial charge < -0.3 is 11.5 Å². The molecular weight excluding hydrogens is 403 g/mol. The Hall–Kier alpha value is -1.56. The molecule has 0 aliphatic rings. The summed E-state index contributed by atoms with van der Waals surface area (Å²) in [6, 6.07) is 7.15. The molecule has 2 aromatic carbocycles. The van der Waals surface area contributed by atoms with Gasteiger partial charge in [-0.15, -0.1) is 0 Å². The number of benzene rings is 2. The Labute approximate surface area is 148 Å². The Kier molecular flexibility index (Phi) is 6.45. The summed E-state index contributed by atoms with van der Waals surface area (Å²) < 4.78 is 59.4. The van der Waals surface area contributed by atoms with E-state index in [-0.39, 0.29) is 31.2 Å². The topological polar surface area (TPSA) is 161 Å². The fourth-order valence-corrected chi connectivity index (χ4v) is 2.63. The van der Waals surface area contributed by atoms with Crippen LogP contribution in [0.15, 0.2) is 46.2 Å². The highest BCUT2D eigenvalue weighted by atomic mass is 35.5. The molecule has 0 saturated heterocycles. The summed E-state index contributed by atoms with van der Waals surface area (Å²) in [4.78, 5) is -0.520. The van der Waals surface area contributed by atoms with Gasteiger partial charge in [0.15, 0.2) is 0 Å². The molecule has 0 aromatic heterocycles. The zero-order valence-corrected chi connectivity index (χ0v) is 14.9. The van der Waals surface area contributed by atoms with Crippen molar-refractivity contribution in [2.24, 2.45) is 0 Å². The maximum Gasteiger partial charge on any atom is 0.294 e. The second-order valence-corrected chi connectivity index (χ2v) is 7.97. The van der Waals surface area contributed by atoms with Crippen LogP contribution in [0.2, 0.25) is 10.0 Å². The summed E-state index contributed by atoms with van der Waals surface area (Å²) in [6.07, 6.45) is 0. The molecule has 2 rings (SSSR count). The van der Waals surface area contributed by atoms with E-state index < -0.39 is 20.2 Å². The summed E-state index contributed by atoms with van der Waals surface area (Å²) in [5.74, 6) is 0. The predicted octanol–water partition coefficient (Wildman–Crippen LogP) is 2.34. The zero-order valence-electron chi connectivity index (χ0n) is 11.7. The SMILES string of the molecule is Nc1cc(S(=O)(=O)O)ccc1Cl.Nc1cc(S(=O)(=O)O)ccc1Cl. The smallest absolute Gasteiger partial charge is 0.294 e. The van der Waals surface area contributed by atoms with E-state index >= 15 is 0 Å². The second kappa shape index (κ2) is 7.55. The van der Waals surface area contributed by atoms with Crippen LogP contribution in [0.3, 0.4) is 0 Å². The van der Waals surface area contributed by atoms with E-state index in [2.05, 4.69) is 0 Å². The Morgan fingerprint density at radius 2 is 1.00 bits per heavy atom. The third kappa shape index (κ3) is 5.82. The van der Waals surface area contributed by atoms with Gasteiger partial charge in [-0.2, -0.15) is 16.8 Å². The van der Waals surface area contributed by atoms with Crippen LogP contribution in [0.5, 0.6) is 0 Å². The third-order valence-corrected chi connectivity index (χ3v) is 4.92. The molecule has 6 N–H and O–H groups in total. The molecule has 0 fully saturated rings. The molecule has 0 atom stereocenters. The van der Waals surface area contributed by atoms with Crippen LogP contribution < -0.4 is 11.5 Å². The number of hydrogen-bond donors (Lipinski definition) is 4. The second-order valence-electron chi connectivity index (χ2n) is 4.32. The van der Waals surface area contributed by atoms with Gasteiger partial charge in [0.25, 0.3) is 20.2 Å². The van der Waals surface area contributed by atoms with Gasteiger partial charge in [0, 0.05) is 0 Å². The van der Waals surface area contributed by atoms with Crippen molar-refractivity contribution in [3.8, 4) is 0 Å². The minimum absolute atomic E-state index is 0.117. The standard InChI is InChI=1S/2C6H6ClNO3S/c2*7-5-2-1-4(3-6(5)8)12(9,10)11/h2*1-3H,8H2,(H,9,10,11). The molecule has 0 radical (unpaired) electrons. The van der Waals surface area contributed by atoms with E-state index in [1.807, 2.05) is 0 Å². The van der Waals surface area contributed by atoms with Crippen LogP contribution in [0, 0.1) is 0 Å². The molecule has 132 valence electrons. The van der Waals surface area contributed by atoms with Crippen molar-refractivity contribution in [1.29, 1.82) is 0 Å². The molecule has 8 nitrogen and oxygen atoms in total. The average Bonchev–Trinajstić information content (AvgIpc) is 2.43. The number of nitrogen functional groups attached to an aromatic ring is 2. The Balaban J connectivity index is 0.000000240. The highest BCUT2D eigenvalue weighted by Gasteiger charge is 2.10. The molecule has 0 saturated carbocycles. The van der Waals surface area contributed by atoms with E-state index in [0.717, 1.165) is 12.1 Å². The summed E-state index contributed by atoms with van der Waals surface area (Å²) in [5.41, 5.74) is 10.9. The van der Waals surface area contributed by atoms with Crippen molar-refractivity contribution < 1.29 is 25.9 Å². The van der Waals surface area contributed by atoms with Crippen LogP contribution in [0.1, 0.15) is 0 Å². The highest BCUT2D eigenvalue weighted by Crippen LogP contribution is 2.22. The molecular formula is C12H12Cl2N2O6S2. The zero-order chi connectivity index (χ0) is 18.7. The van der Waals surface area contributed by atoms with Crippen molar-refractivity contribution in [3.05, 3.63) is 46.4 Å². The lowest BCUT2D eigenvalue weighted by molar-refractivity contribution is 0.481. The molecule has 0 unspecified atom stereocenters. The first kappa shape index (κ1) is 20.5. The van der Waals surface area contributed by atoms with Gasteiger partial charge in [-0.1, -0.05) is 23.2 Å². The molecule has 0 spiro atoms. The minimum atomic E-state index is -4.18. The minimum Gasteiger partial charge on any atom is -0.397 e. The van der Waals surface area contributed by atoms with E-state index in [0.29, 0.717) is 0 Å². The number of hydrogen-bond acceptors (Lipinski definition) is 6. The largest absolute Gasteiger partial charge is 0.397 e. The fraction of sp³-hybridized carbons (Fsp3) is 0.